The highest BCUT2D eigenvalue weighted by Gasteiger charge is 2.38. The molecule has 0 aromatic heterocycles. The first-order valence-corrected chi connectivity index (χ1v) is 9.73. The Labute approximate surface area is 148 Å². The molecule has 2 atom stereocenters. The summed E-state index contributed by atoms with van der Waals surface area (Å²) in [5, 5.41) is 2.30. The van der Waals surface area contributed by atoms with Gasteiger partial charge in [0.2, 0.25) is 10.0 Å². The Bertz CT molecular complexity index is 1020. The molecule has 0 spiro atoms. The number of nitrogens with one attached hydrogen (secondary N) is 1. The average Bonchev–Trinajstić information content (AvgIpc) is 2.91. The van der Waals surface area contributed by atoms with Crippen molar-refractivity contribution in [1.29, 1.82) is 0 Å². The van der Waals surface area contributed by atoms with Crippen LogP contribution in [0.1, 0.15) is 23.2 Å². The fourth-order valence-corrected chi connectivity index (χ4v) is 5.04. The lowest BCUT2D eigenvalue weighted by Gasteiger charge is -2.28. The smallest absolute Gasteiger partial charge is 0.241 e. The number of hydrogen-bond donors (Lipinski definition) is 1. The molecule has 1 aliphatic rings. The van der Waals surface area contributed by atoms with Crippen LogP contribution in [0.2, 0.25) is 0 Å². The van der Waals surface area contributed by atoms with Crippen LogP contribution in [0.4, 0.5) is 0 Å². The van der Waals surface area contributed by atoms with Crippen molar-refractivity contribution in [2.24, 2.45) is 0 Å². The van der Waals surface area contributed by atoms with Gasteiger partial charge in [-0.2, -0.15) is 0 Å². The van der Waals surface area contributed by atoms with E-state index in [9.17, 15) is 8.42 Å². The van der Waals surface area contributed by atoms with Crippen LogP contribution in [-0.4, -0.2) is 27.4 Å². The summed E-state index contributed by atoms with van der Waals surface area (Å²) < 4.78 is 28.7. The molecular formula is C20H20N2O2S. The van der Waals surface area contributed by atoms with Crippen molar-refractivity contribution in [3.8, 4) is 0 Å². The molecule has 4 nitrogen and oxygen atoms in total. The predicted molar refractivity (Wildman–Crippen MR) is 99.9 cm³/mol. The fraction of sp³-hybridized carbons (Fsp3) is 0.200. The minimum Gasteiger partial charge on any atom is -0.301 e. The predicted octanol–water partition coefficient (Wildman–Crippen LogP) is 3.48. The highest BCUT2D eigenvalue weighted by atomic mass is 32.2. The summed E-state index contributed by atoms with van der Waals surface area (Å²) >= 11 is 0. The Morgan fingerprint density at radius 2 is 1.48 bits per heavy atom. The maximum absolute atomic E-state index is 12.9. The molecule has 0 saturated heterocycles. The zero-order chi connectivity index (χ0) is 17.6. The van der Waals surface area contributed by atoms with Crippen molar-refractivity contribution in [3.05, 3.63) is 77.9 Å². The van der Waals surface area contributed by atoms with Gasteiger partial charge in [0, 0.05) is 0 Å². The molecule has 0 aliphatic heterocycles. The lowest BCUT2D eigenvalue weighted by Crippen LogP contribution is -2.35. The van der Waals surface area contributed by atoms with E-state index in [-0.39, 0.29) is 17.0 Å². The Hall–Kier alpha value is -2.21. The van der Waals surface area contributed by atoms with Crippen LogP contribution in [0.5, 0.6) is 0 Å². The number of likely N-dealkylation sites (N-methyl/N-ethyl adjacent to an activating group) is 1. The molecule has 1 aliphatic carbocycles. The first-order chi connectivity index (χ1) is 12.0. The second-order valence-electron chi connectivity index (χ2n) is 6.61. The van der Waals surface area contributed by atoms with E-state index in [0.717, 1.165) is 16.3 Å². The van der Waals surface area contributed by atoms with Gasteiger partial charge in [-0.25, -0.2) is 13.1 Å². The van der Waals surface area contributed by atoms with Crippen LogP contribution in [-0.2, 0) is 10.0 Å². The van der Waals surface area contributed by atoms with Gasteiger partial charge in [-0.05, 0) is 48.1 Å². The van der Waals surface area contributed by atoms with Crippen molar-refractivity contribution < 1.29 is 8.42 Å². The van der Waals surface area contributed by atoms with Gasteiger partial charge in [0.05, 0.1) is 17.0 Å². The normalized spacial score (nSPS) is 19.6. The molecule has 3 aromatic rings. The molecule has 0 heterocycles. The van der Waals surface area contributed by atoms with Crippen molar-refractivity contribution in [2.45, 2.75) is 17.0 Å². The van der Waals surface area contributed by atoms with Crippen molar-refractivity contribution >= 4 is 20.8 Å². The van der Waals surface area contributed by atoms with Crippen LogP contribution in [0.15, 0.2) is 71.6 Å². The molecule has 4 rings (SSSR count). The third-order valence-corrected chi connectivity index (χ3v) is 6.29. The molecule has 0 fully saturated rings. The summed E-state index contributed by atoms with van der Waals surface area (Å²) in [5.41, 5.74) is 2.20. The minimum atomic E-state index is -3.60. The molecule has 1 N–H and O–H groups in total. The molecule has 0 saturated carbocycles. The number of benzene rings is 3. The fourth-order valence-electron chi connectivity index (χ4n) is 3.79. The van der Waals surface area contributed by atoms with Gasteiger partial charge in [0.25, 0.3) is 0 Å². The number of hydrogen-bond acceptors (Lipinski definition) is 3. The van der Waals surface area contributed by atoms with Gasteiger partial charge in [-0.15, -0.1) is 0 Å². The number of rotatable bonds is 4. The topological polar surface area (TPSA) is 49.4 Å². The lowest BCUT2D eigenvalue weighted by molar-refractivity contribution is 0.258. The minimum absolute atomic E-state index is 0.0420. The third-order valence-electron chi connectivity index (χ3n) is 4.83. The third kappa shape index (κ3) is 2.65. The summed E-state index contributed by atoms with van der Waals surface area (Å²) in [4.78, 5) is 2.36. The highest BCUT2D eigenvalue weighted by Crippen LogP contribution is 2.46. The van der Waals surface area contributed by atoms with Gasteiger partial charge in [-0.1, -0.05) is 54.6 Å². The lowest BCUT2D eigenvalue weighted by atomic mass is 10.0. The van der Waals surface area contributed by atoms with Gasteiger partial charge in [0.15, 0.2) is 0 Å². The van der Waals surface area contributed by atoms with Gasteiger partial charge < -0.3 is 4.90 Å². The van der Waals surface area contributed by atoms with Crippen LogP contribution < -0.4 is 4.72 Å². The average molecular weight is 352 g/mol. The first kappa shape index (κ1) is 16.3. The van der Waals surface area contributed by atoms with E-state index in [1.807, 2.05) is 38.4 Å². The molecule has 0 radical (unpaired) electrons. The number of sulfonamides is 1. The van der Waals surface area contributed by atoms with Crippen LogP contribution in [0.25, 0.3) is 10.8 Å². The van der Waals surface area contributed by atoms with E-state index in [4.69, 9.17) is 0 Å². The second kappa shape index (κ2) is 5.95. The molecular weight excluding hydrogens is 332 g/mol. The monoisotopic (exact) mass is 352 g/mol. The van der Waals surface area contributed by atoms with Gasteiger partial charge >= 0.3 is 0 Å². The van der Waals surface area contributed by atoms with Crippen LogP contribution in [0, 0.1) is 0 Å². The maximum Gasteiger partial charge on any atom is 0.241 e. The van der Waals surface area contributed by atoms with E-state index < -0.39 is 10.0 Å². The maximum atomic E-state index is 12.9. The molecule has 5 heteroatoms. The van der Waals surface area contributed by atoms with Crippen LogP contribution in [0.3, 0.4) is 0 Å². The van der Waals surface area contributed by atoms with E-state index in [0.29, 0.717) is 0 Å². The molecule has 0 bridgehead atoms. The second-order valence-corrected chi connectivity index (χ2v) is 8.33. The Kier molecular flexibility index (Phi) is 3.87. The Balaban J connectivity index is 1.84. The summed E-state index contributed by atoms with van der Waals surface area (Å²) in [6.45, 7) is 0. The Morgan fingerprint density at radius 3 is 2.12 bits per heavy atom. The molecule has 25 heavy (non-hydrogen) atoms. The number of nitrogens with zero attached hydrogens (tertiary/aromatic N) is 1. The van der Waals surface area contributed by atoms with Crippen molar-refractivity contribution in [1.82, 2.24) is 9.62 Å². The van der Waals surface area contributed by atoms with Gasteiger partial charge in [0.1, 0.15) is 0 Å². The molecule has 3 aromatic carbocycles. The Morgan fingerprint density at radius 1 is 0.840 bits per heavy atom. The van der Waals surface area contributed by atoms with Gasteiger partial charge in [-0.3, -0.25) is 0 Å². The summed E-state index contributed by atoms with van der Waals surface area (Å²) in [7, 11) is 0.369. The van der Waals surface area contributed by atoms with Crippen LogP contribution >= 0.6 is 0 Å². The first-order valence-electron chi connectivity index (χ1n) is 8.24. The summed E-state index contributed by atoms with van der Waals surface area (Å²) in [6.07, 6.45) is 0. The van der Waals surface area contributed by atoms with E-state index in [1.165, 1.54) is 5.56 Å². The standard InChI is InChI=1S/C20H20N2O2S/c1-22(2)20-17-13-7-9-14-8-6-12-16(18(14)17)19(20)21-25(23,24)15-10-4-3-5-11-15/h3-13,19-21H,1-2H3/t19-,20+/m0/s1. The molecule has 128 valence electrons. The largest absolute Gasteiger partial charge is 0.301 e. The molecule has 0 unspecified atom stereocenters. The highest BCUT2D eigenvalue weighted by molar-refractivity contribution is 7.89. The van der Waals surface area contributed by atoms with E-state index in [1.54, 1.807) is 24.3 Å². The van der Waals surface area contributed by atoms with E-state index >= 15 is 0 Å². The molecule has 0 amide bonds. The zero-order valence-electron chi connectivity index (χ0n) is 14.2. The quantitative estimate of drug-likeness (QED) is 0.782. The SMILES string of the molecule is CN(C)[C@@H]1c2cccc3cccc(c23)[C@@H]1NS(=O)(=O)c1ccccc1. The van der Waals surface area contributed by atoms with Crippen molar-refractivity contribution in [3.63, 3.8) is 0 Å². The zero-order valence-corrected chi connectivity index (χ0v) is 15.0. The summed E-state index contributed by atoms with van der Waals surface area (Å²) in [6, 6.07) is 20.5. The van der Waals surface area contributed by atoms with E-state index in [2.05, 4.69) is 27.8 Å². The van der Waals surface area contributed by atoms with Crippen molar-refractivity contribution in [2.75, 3.05) is 14.1 Å². The summed E-state index contributed by atoms with van der Waals surface area (Å²) in [5.74, 6) is 0.